The molecule has 8 nitrogen and oxygen atoms in total. The van der Waals surface area contributed by atoms with Gasteiger partial charge in [-0.15, -0.1) is 5.10 Å². The average molecular weight is 325 g/mol. The van der Waals surface area contributed by atoms with Crippen molar-refractivity contribution in [1.82, 2.24) is 34.4 Å². The van der Waals surface area contributed by atoms with E-state index in [9.17, 15) is 4.79 Å². The van der Waals surface area contributed by atoms with Gasteiger partial charge in [-0.3, -0.25) is 4.79 Å². The molecule has 0 radical (unpaired) electrons. The number of nitrogens with one attached hydrogen (secondary N) is 1. The summed E-state index contributed by atoms with van der Waals surface area (Å²) in [6.07, 6.45) is 9.10. The molecule has 1 aliphatic rings. The third-order valence-electron chi connectivity index (χ3n) is 4.33. The fourth-order valence-corrected chi connectivity index (χ4v) is 3.06. The van der Waals surface area contributed by atoms with E-state index in [1.165, 1.54) is 0 Å². The Kier molecular flexibility index (Phi) is 3.72. The Morgan fingerprint density at radius 1 is 1.42 bits per heavy atom. The lowest BCUT2D eigenvalue weighted by Crippen LogP contribution is -2.26. The second-order valence-electron chi connectivity index (χ2n) is 6.09. The highest BCUT2D eigenvalue weighted by atomic mass is 16.1. The molecule has 0 bridgehead atoms. The van der Waals surface area contributed by atoms with Crippen LogP contribution >= 0.6 is 0 Å². The summed E-state index contributed by atoms with van der Waals surface area (Å²) in [6.45, 7) is 2.63. The maximum absolute atomic E-state index is 12.3. The van der Waals surface area contributed by atoms with Gasteiger partial charge in [-0.2, -0.15) is 4.98 Å². The Morgan fingerprint density at radius 2 is 2.33 bits per heavy atom. The zero-order valence-corrected chi connectivity index (χ0v) is 13.5. The lowest BCUT2D eigenvalue weighted by Gasteiger charge is -2.20. The van der Waals surface area contributed by atoms with Gasteiger partial charge in [0.05, 0.1) is 0 Å². The summed E-state index contributed by atoms with van der Waals surface area (Å²) >= 11 is 0. The van der Waals surface area contributed by atoms with Crippen LogP contribution in [0.15, 0.2) is 24.7 Å². The number of aromatic nitrogens is 6. The van der Waals surface area contributed by atoms with Crippen LogP contribution in [0, 0.1) is 0 Å². The van der Waals surface area contributed by atoms with Gasteiger partial charge in [0.15, 0.2) is 5.82 Å². The van der Waals surface area contributed by atoms with Gasteiger partial charge in [-0.1, -0.05) is 0 Å². The number of nitrogens with zero attached hydrogens (tertiary/aromatic N) is 6. The van der Waals surface area contributed by atoms with Crippen molar-refractivity contribution in [2.75, 3.05) is 6.54 Å². The Morgan fingerprint density at radius 3 is 3.17 bits per heavy atom. The Bertz CT molecular complexity index is 849. The van der Waals surface area contributed by atoms with E-state index in [2.05, 4.69) is 36.9 Å². The maximum Gasteiger partial charge on any atom is 0.271 e. The van der Waals surface area contributed by atoms with E-state index in [0.29, 0.717) is 36.3 Å². The van der Waals surface area contributed by atoms with Crippen molar-refractivity contribution in [3.63, 3.8) is 0 Å². The molecule has 1 aliphatic heterocycles. The molecule has 1 unspecified atom stereocenters. The monoisotopic (exact) mass is 325 g/mol. The topological polar surface area (TPSA) is 90.0 Å². The van der Waals surface area contributed by atoms with Crippen LogP contribution in [0.25, 0.3) is 5.78 Å². The molecule has 0 aliphatic carbocycles. The molecule has 24 heavy (non-hydrogen) atoms. The number of rotatable bonds is 4. The van der Waals surface area contributed by atoms with Gasteiger partial charge in [0.25, 0.3) is 11.7 Å². The van der Waals surface area contributed by atoms with E-state index in [0.717, 1.165) is 25.1 Å². The largest absolute Gasteiger partial charge is 0.350 e. The molecule has 1 atom stereocenters. The van der Waals surface area contributed by atoms with Crippen molar-refractivity contribution >= 4 is 11.7 Å². The van der Waals surface area contributed by atoms with Crippen LogP contribution < -0.4 is 5.32 Å². The molecule has 0 saturated heterocycles. The van der Waals surface area contributed by atoms with Crippen molar-refractivity contribution in [2.24, 2.45) is 0 Å². The predicted molar refractivity (Wildman–Crippen MR) is 86.7 cm³/mol. The van der Waals surface area contributed by atoms with Crippen LogP contribution in [0.4, 0.5) is 0 Å². The van der Waals surface area contributed by atoms with Gasteiger partial charge in [0, 0.05) is 44.0 Å². The normalized spacial score (nSPS) is 17.0. The molecule has 124 valence electrons. The molecule has 8 heteroatoms. The highest BCUT2D eigenvalue weighted by Gasteiger charge is 2.20. The summed E-state index contributed by atoms with van der Waals surface area (Å²) in [5, 5.41) is 7.21. The first-order valence-electron chi connectivity index (χ1n) is 8.23. The number of fused-ring (bicyclic) bond motifs is 2. The van der Waals surface area contributed by atoms with Crippen LogP contribution in [0.2, 0.25) is 0 Å². The van der Waals surface area contributed by atoms with Gasteiger partial charge < -0.3 is 9.88 Å². The Balaban J connectivity index is 1.38. The zero-order valence-electron chi connectivity index (χ0n) is 13.5. The van der Waals surface area contributed by atoms with Gasteiger partial charge in [0.2, 0.25) is 0 Å². The first kappa shape index (κ1) is 14.8. The average Bonchev–Trinajstić information content (AvgIpc) is 3.18. The molecule has 3 aromatic rings. The molecular weight excluding hydrogens is 306 g/mol. The Labute approximate surface area is 138 Å². The van der Waals surface area contributed by atoms with Gasteiger partial charge in [0.1, 0.15) is 11.5 Å². The number of aryl methyl sites for hydroxylation is 1. The SMILES string of the molecule is CC1CCCc2nc(C(=O)NCCc3nc4ncccn4n3)cn21. The molecule has 0 fully saturated rings. The second-order valence-corrected chi connectivity index (χ2v) is 6.09. The molecule has 0 saturated carbocycles. The fourth-order valence-electron chi connectivity index (χ4n) is 3.06. The minimum absolute atomic E-state index is 0.147. The van der Waals surface area contributed by atoms with Crippen molar-refractivity contribution in [2.45, 2.75) is 38.6 Å². The molecule has 0 spiro atoms. The number of hydrogen-bond acceptors (Lipinski definition) is 5. The summed E-state index contributed by atoms with van der Waals surface area (Å²) in [7, 11) is 0. The van der Waals surface area contributed by atoms with E-state index in [1.807, 2.05) is 6.20 Å². The van der Waals surface area contributed by atoms with E-state index in [1.54, 1.807) is 23.0 Å². The minimum atomic E-state index is -0.147. The lowest BCUT2D eigenvalue weighted by atomic mass is 10.1. The second kappa shape index (κ2) is 6.03. The number of hydrogen-bond donors (Lipinski definition) is 1. The molecule has 0 aromatic carbocycles. The third kappa shape index (κ3) is 2.75. The molecule has 3 aromatic heterocycles. The van der Waals surface area contributed by atoms with Gasteiger partial charge >= 0.3 is 0 Å². The molecular formula is C16H19N7O. The van der Waals surface area contributed by atoms with Crippen molar-refractivity contribution in [3.05, 3.63) is 42.0 Å². The zero-order chi connectivity index (χ0) is 16.5. The smallest absolute Gasteiger partial charge is 0.271 e. The van der Waals surface area contributed by atoms with Crippen LogP contribution in [0.5, 0.6) is 0 Å². The molecule has 4 heterocycles. The van der Waals surface area contributed by atoms with Crippen molar-refractivity contribution < 1.29 is 4.79 Å². The van der Waals surface area contributed by atoms with Gasteiger partial charge in [-0.05, 0) is 25.8 Å². The van der Waals surface area contributed by atoms with Crippen LogP contribution in [-0.4, -0.2) is 41.6 Å². The van der Waals surface area contributed by atoms with Crippen molar-refractivity contribution in [1.29, 1.82) is 0 Å². The minimum Gasteiger partial charge on any atom is -0.350 e. The quantitative estimate of drug-likeness (QED) is 0.778. The maximum atomic E-state index is 12.3. The summed E-state index contributed by atoms with van der Waals surface area (Å²) in [6, 6.07) is 2.21. The summed E-state index contributed by atoms with van der Waals surface area (Å²) in [5.74, 6) is 2.08. The molecule has 1 N–H and O–H groups in total. The summed E-state index contributed by atoms with van der Waals surface area (Å²) in [4.78, 5) is 25.2. The van der Waals surface area contributed by atoms with E-state index < -0.39 is 0 Å². The van der Waals surface area contributed by atoms with E-state index in [4.69, 9.17) is 0 Å². The fraction of sp³-hybridized carbons (Fsp3) is 0.438. The third-order valence-corrected chi connectivity index (χ3v) is 4.33. The number of amides is 1. The Hall–Kier alpha value is -2.77. The standard InChI is InChI=1S/C16H19N7O/c1-11-4-2-5-14-19-12(10-22(11)14)15(24)17-8-6-13-20-16-18-7-3-9-23(16)21-13/h3,7,9-11H,2,4-6,8H2,1H3,(H,17,24). The van der Waals surface area contributed by atoms with Gasteiger partial charge in [-0.25, -0.2) is 14.5 Å². The van der Waals surface area contributed by atoms with Crippen LogP contribution in [0.1, 0.15) is 47.9 Å². The highest BCUT2D eigenvalue weighted by Crippen LogP contribution is 2.24. The number of carbonyl (C=O) groups excluding carboxylic acids is 1. The van der Waals surface area contributed by atoms with Crippen molar-refractivity contribution in [3.8, 4) is 0 Å². The molecule has 1 amide bonds. The lowest BCUT2D eigenvalue weighted by molar-refractivity contribution is 0.0949. The number of imidazole rings is 1. The van der Waals surface area contributed by atoms with Crippen LogP contribution in [0.3, 0.4) is 0 Å². The van der Waals surface area contributed by atoms with Crippen LogP contribution in [-0.2, 0) is 12.8 Å². The summed E-state index contributed by atoms with van der Waals surface area (Å²) in [5.41, 5.74) is 0.489. The predicted octanol–water partition coefficient (Wildman–Crippen LogP) is 1.19. The summed E-state index contributed by atoms with van der Waals surface area (Å²) < 4.78 is 3.75. The van der Waals surface area contributed by atoms with E-state index in [-0.39, 0.29) is 5.91 Å². The van der Waals surface area contributed by atoms with E-state index >= 15 is 0 Å². The molecule has 4 rings (SSSR count). The first-order valence-corrected chi connectivity index (χ1v) is 8.23. The number of carbonyl (C=O) groups is 1. The first-order chi connectivity index (χ1) is 11.7. The highest BCUT2D eigenvalue weighted by molar-refractivity contribution is 5.92.